The van der Waals surface area contributed by atoms with Crippen molar-refractivity contribution in [3.05, 3.63) is 0 Å². The molecule has 0 aliphatic rings. The Hall–Kier alpha value is 6.45. The molecule has 0 aliphatic heterocycles. The van der Waals surface area contributed by atoms with Gasteiger partial charge in [-0.3, -0.25) is 9.11 Å². The second-order valence-electron chi connectivity index (χ2n) is 0.448. The van der Waals surface area contributed by atoms with Crippen molar-refractivity contribution < 1.29 is 17.5 Å². The van der Waals surface area contributed by atoms with Gasteiger partial charge >= 0.3 is 197 Å². The van der Waals surface area contributed by atoms with E-state index < -0.39 is 10.4 Å². The molecule has 0 saturated carbocycles. The molecule has 0 bridgehead atoms. The van der Waals surface area contributed by atoms with Crippen LogP contribution in [0.3, 0.4) is 0 Å². The summed E-state index contributed by atoms with van der Waals surface area (Å²) in [5.74, 6) is 0. The third-order valence-corrected chi connectivity index (χ3v) is 0. The zero-order chi connectivity index (χ0) is 4.50. The van der Waals surface area contributed by atoms with Gasteiger partial charge < -0.3 is 0 Å². The fourth-order valence-electron chi connectivity index (χ4n) is 0. The molecule has 0 amide bonds. The molecule has 0 fully saturated rings. The van der Waals surface area contributed by atoms with Gasteiger partial charge in [-0.2, -0.15) is 8.42 Å². The molecule has 2 N–H and O–H groups in total. The van der Waals surface area contributed by atoms with Gasteiger partial charge in [0.1, 0.15) is 0 Å². The van der Waals surface area contributed by atoms with Crippen LogP contribution in [0, 0.1) is 0 Å². The van der Waals surface area contributed by atoms with Gasteiger partial charge in [0, 0.05) is 0 Å². The Morgan fingerprint density at radius 1 is 0.769 bits per heavy atom. The maximum atomic E-state index is 8.74. The first-order valence-corrected chi connectivity index (χ1v) is 2.10. The van der Waals surface area contributed by atoms with Crippen LogP contribution in [0.5, 0.6) is 0 Å². The molecule has 0 spiro atoms. The van der Waals surface area contributed by atoms with Crippen molar-refractivity contribution in [1.29, 1.82) is 0 Å². The van der Waals surface area contributed by atoms with E-state index in [9.17, 15) is 0 Å². The molecule has 0 atom stereocenters. The smallest absolute Gasteiger partial charge is 0.316 e. The standard InChI is InChI=1S/2ClH.2K.2Li.2Mg.H2O4S.8H/c;;;;;;;;1-5(2,3)4;;;;;;;;/h2*1H;;;;;;;(H2,1,2,3,4);;;;;;;;. The predicted molar refractivity (Wildman–Crippen MR) is 74.4 cm³/mol. The quantitative estimate of drug-likeness (QED) is 0.350. The molecule has 0 unspecified atom stereocenters. The first-order chi connectivity index (χ1) is 2.00. The van der Waals surface area contributed by atoms with Crippen molar-refractivity contribution in [2.24, 2.45) is 0 Å². The van der Waals surface area contributed by atoms with E-state index >= 15 is 0 Å². The van der Waals surface area contributed by atoms with Crippen LogP contribution in [-0.4, -0.2) is 204 Å². The van der Waals surface area contributed by atoms with Crippen molar-refractivity contribution in [3.8, 4) is 0 Å². The summed E-state index contributed by atoms with van der Waals surface area (Å²) in [5.41, 5.74) is 0. The van der Waals surface area contributed by atoms with E-state index in [0.717, 1.165) is 0 Å². The van der Waals surface area contributed by atoms with E-state index in [1.54, 1.807) is 0 Å². The Kier molecular flexibility index (Phi) is 169. The molecule has 13 heteroatoms. The summed E-state index contributed by atoms with van der Waals surface area (Å²) in [7, 11) is -4.67. The molecule has 4 nitrogen and oxygen atoms in total. The molecule has 0 saturated heterocycles. The molecule has 0 aliphatic carbocycles. The monoisotopic (exact) mass is 318 g/mol. The topological polar surface area (TPSA) is 74.6 Å². The Morgan fingerprint density at radius 2 is 0.769 bits per heavy atom. The summed E-state index contributed by atoms with van der Waals surface area (Å²) in [6.07, 6.45) is 0. The first-order valence-electron chi connectivity index (χ1n) is 0.698. The zero-order valence-corrected chi connectivity index (χ0v) is 5.39. The van der Waals surface area contributed by atoms with Gasteiger partial charge in [0.2, 0.25) is 0 Å². The largest absolute Gasteiger partial charge is 0.316 e. The van der Waals surface area contributed by atoms with E-state index in [2.05, 4.69) is 0 Å². The molecule has 0 aromatic heterocycles. The normalized spacial score (nSPS) is 4.46. The van der Waals surface area contributed by atoms with Gasteiger partial charge in [-0.25, -0.2) is 0 Å². The van der Waals surface area contributed by atoms with Crippen LogP contribution in [-0.2, 0) is 10.4 Å². The fourth-order valence-corrected chi connectivity index (χ4v) is 0. The van der Waals surface area contributed by atoms with Gasteiger partial charge in [0.05, 0.1) is 0 Å². The molecule has 0 aromatic carbocycles. The average molecular weight is 320 g/mol. The maximum Gasteiger partial charge on any atom is 0.316 e. The number of rotatable bonds is 0. The van der Waals surface area contributed by atoms with E-state index in [-0.39, 0.29) is 211 Å². The van der Waals surface area contributed by atoms with Gasteiger partial charge in [-0.1, -0.05) is 0 Å². The Balaban J connectivity index is -0.00000000286. The van der Waals surface area contributed by atoms with Gasteiger partial charge in [0.25, 0.3) is 0 Å². The van der Waals surface area contributed by atoms with E-state index in [1.807, 2.05) is 0 Å². The van der Waals surface area contributed by atoms with Crippen molar-refractivity contribution >= 4 is 222 Å². The van der Waals surface area contributed by atoms with E-state index in [0.29, 0.717) is 0 Å². The molecule has 13 heavy (non-hydrogen) atoms. The summed E-state index contributed by atoms with van der Waals surface area (Å²) in [6.45, 7) is 0. The molecule has 0 aromatic rings. The van der Waals surface area contributed by atoms with Gasteiger partial charge in [-0.05, 0) is 0 Å². The minimum Gasteiger partial charge on any atom is 0.316 e. The Bertz CT molecular complexity index is 115. The Morgan fingerprint density at radius 3 is 0.769 bits per heavy atom. The van der Waals surface area contributed by atoms with Crippen LogP contribution >= 0.6 is 24.8 Å². The summed E-state index contributed by atoms with van der Waals surface area (Å²) in [5, 5.41) is 0. The van der Waals surface area contributed by atoms with Crippen LogP contribution < -0.4 is 0 Å². The van der Waals surface area contributed by atoms with E-state index in [1.165, 1.54) is 0 Å². The van der Waals surface area contributed by atoms with Crippen LogP contribution in [0.4, 0.5) is 0 Å². The van der Waals surface area contributed by atoms with Crippen LogP contribution in [0.15, 0.2) is 0 Å². The number of hydrogen-bond acceptors (Lipinski definition) is 2. The third-order valence-electron chi connectivity index (χ3n) is 0. The van der Waals surface area contributed by atoms with Gasteiger partial charge in [0.15, 0.2) is 0 Å². The number of halogens is 2. The van der Waals surface area contributed by atoms with Crippen LogP contribution in [0.25, 0.3) is 0 Å². The Labute approximate surface area is 232 Å². The molecular weight excluding hydrogens is 308 g/mol. The molecular formula is H12Cl2K2Li2Mg2O4S. The van der Waals surface area contributed by atoms with Crippen LogP contribution in [0.2, 0.25) is 0 Å². The van der Waals surface area contributed by atoms with Gasteiger partial charge in [-0.15, -0.1) is 24.8 Å². The summed E-state index contributed by atoms with van der Waals surface area (Å²) >= 11 is 0. The van der Waals surface area contributed by atoms with Crippen LogP contribution in [0.1, 0.15) is 0 Å². The predicted octanol–water partition coefficient (Wildman–Crippen LogP) is -4.24. The van der Waals surface area contributed by atoms with Crippen molar-refractivity contribution in [3.63, 3.8) is 0 Å². The fraction of sp³-hybridized carbons (Fsp3) is 0. The minimum atomic E-state index is -4.67. The summed E-state index contributed by atoms with van der Waals surface area (Å²) in [4.78, 5) is 0. The second kappa shape index (κ2) is 36.2. The maximum absolute atomic E-state index is 8.74. The molecule has 0 radical (unpaired) electrons. The first kappa shape index (κ1) is 60.6. The van der Waals surface area contributed by atoms with Crippen molar-refractivity contribution in [2.45, 2.75) is 0 Å². The summed E-state index contributed by atoms with van der Waals surface area (Å²) in [6, 6.07) is 0. The molecule has 0 rings (SSSR count). The third kappa shape index (κ3) is 120. The molecule has 0 heterocycles. The number of hydrogen-bond donors (Lipinski definition) is 2. The zero-order valence-electron chi connectivity index (χ0n) is 2.94. The minimum absolute atomic E-state index is 0. The van der Waals surface area contributed by atoms with Crippen molar-refractivity contribution in [2.75, 3.05) is 0 Å². The second-order valence-corrected chi connectivity index (χ2v) is 1.34. The SMILES string of the molecule is Cl.Cl.O=S(=O)(O)O.[KH].[KH].[LiH].[LiH].[MgH2].[MgH2]. The summed E-state index contributed by atoms with van der Waals surface area (Å²) < 4.78 is 31.6. The van der Waals surface area contributed by atoms with E-state index in [4.69, 9.17) is 17.5 Å². The molecule has 64 valence electrons. The average Bonchev–Trinajstić information content (AvgIpc) is 0.722. The van der Waals surface area contributed by atoms with Crippen molar-refractivity contribution in [1.82, 2.24) is 0 Å².